The van der Waals surface area contributed by atoms with Crippen molar-refractivity contribution in [1.29, 1.82) is 0 Å². The lowest BCUT2D eigenvalue weighted by Crippen LogP contribution is -2.59. The van der Waals surface area contributed by atoms with Crippen molar-refractivity contribution < 1.29 is 19.0 Å². The standard InChI is InChI=1S/C27H37ClFN3O3/c1-17(2)23-16-31(13-12-30-23)27(34)26(20-6-8-21(29)9-7-20)32(25(33)15-28)24-11-10-22(14-19(24)5)35-18(3)4/h6-11,14,17-18,23,26-27,30,34H,12-13,15-16H2,1-5H3/t23-,26+,27?/m1/s1. The Kier molecular flexibility index (Phi) is 9.53. The van der Waals surface area contributed by atoms with Gasteiger partial charge in [0, 0.05) is 31.4 Å². The first-order valence-corrected chi connectivity index (χ1v) is 12.7. The largest absolute Gasteiger partial charge is 0.491 e. The molecule has 0 bridgehead atoms. The maximum absolute atomic E-state index is 13.8. The fourth-order valence-corrected chi connectivity index (χ4v) is 4.68. The highest BCUT2D eigenvalue weighted by Gasteiger charge is 2.38. The molecule has 0 aliphatic carbocycles. The SMILES string of the molecule is Cc1cc(OC(C)C)ccc1N(C(=O)CCl)[C@@H](c1ccc(F)cc1)C(O)N1CCN[C@@H](C(C)C)C1. The van der Waals surface area contributed by atoms with E-state index in [-0.39, 0.29) is 29.8 Å². The Morgan fingerprint density at radius 1 is 1.23 bits per heavy atom. The van der Waals surface area contributed by atoms with Crippen LogP contribution in [-0.4, -0.2) is 59.8 Å². The predicted molar refractivity (Wildman–Crippen MR) is 138 cm³/mol. The second-order valence-electron chi connectivity index (χ2n) is 9.72. The second-order valence-corrected chi connectivity index (χ2v) is 9.99. The lowest BCUT2D eigenvalue weighted by atomic mass is 9.97. The van der Waals surface area contributed by atoms with Crippen LogP contribution in [0.25, 0.3) is 0 Å². The molecule has 2 aromatic rings. The number of alkyl halides is 1. The molecular formula is C27H37ClFN3O3. The lowest BCUT2D eigenvalue weighted by Gasteiger charge is -2.44. The van der Waals surface area contributed by atoms with E-state index in [4.69, 9.17) is 16.3 Å². The summed E-state index contributed by atoms with van der Waals surface area (Å²) in [7, 11) is 0. The van der Waals surface area contributed by atoms with Crippen LogP contribution in [0.5, 0.6) is 5.75 Å². The van der Waals surface area contributed by atoms with Crippen molar-refractivity contribution >= 4 is 23.2 Å². The van der Waals surface area contributed by atoms with Crippen LogP contribution in [0.4, 0.5) is 10.1 Å². The summed E-state index contributed by atoms with van der Waals surface area (Å²) in [6, 6.07) is 10.8. The maximum Gasteiger partial charge on any atom is 0.242 e. The molecule has 1 heterocycles. The molecule has 1 unspecified atom stereocenters. The quantitative estimate of drug-likeness (QED) is 0.492. The number of ether oxygens (including phenoxy) is 1. The number of aliphatic hydroxyl groups is 1. The Hall–Kier alpha value is -2.19. The summed E-state index contributed by atoms with van der Waals surface area (Å²) in [6.07, 6.45) is -1.02. The van der Waals surface area contributed by atoms with E-state index >= 15 is 0 Å². The number of nitrogens with one attached hydrogen (secondary N) is 1. The highest BCUT2D eigenvalue weighted by atomic mass is 35.5. The summed E-state index contributed by atoms with van der Waals surface area (Å²) < 4.78 is 19.6. The molecule has 2 N–H and O–H groups in total. The molecule has 192 valence electrons. The molecule has 0 radical (unpaired) electrons. The van der Waals surface area contributed by atoms with Gasteiger partial charge in [-0.05, 0) is 68.1 Å². The Morgan fingerprint density at radius 2 is 1.91 bits per heavy atom. The first kappa shape index (κ1) is 27.4. The van der Waals surface area contributed by atoms with Crippen LogP contribution >= 0.6 is 11.6 Å². The third-order valence-corrected chi connectivity index (χ3v) is 6.60. The van der Waals surface area contributed by atoms with E-state index in [1.54, 1.807) is 17.0 Å². The number of carbonyl (C=O) groups excluding carboxylic acids is 1. The average molecular weight is 506 g/mol. The molecule has 6 nitrogen and oxygen atoms in total. The van der Waals surface area contributed by atoms with Crippen LogP contribution in [0.3, 0.4) is 0 Å². The molecular weight excluding hydrogens is 469 g/mol. The summed E-state index contributed by atoms with van der Waals surface area (Å²) in [5.41, 5.74) is 2.05. The van der Waals surface area contributed by atoms with Crippen molar-refractivity contribution in [3.8, 4) is 5.75 Å². The first-order chi connectivity index (χ1) is 16.6. The van der Waals surface area contributed by atoms with E-state index in [0.29, 0.717) is 36.0 Å². The van der Waals surface area contributed by atoms with Crippen molar-refractivity contribution in [2.45, 2.75) is 59.0 Å². The van der Waals surface area contributed by atoms with Crippen molar-refractivity contribution in [3.63, 3.8) is 0 Å². The number of anilines is 1. The fourth-order valence-electron chi connectivity index (χ4n) is 4.55. The molecule has 35 heavy (non-hydrogen) atoms. The van der Waals surface area contributed by atoms with Gasteiger partial charge in [0.1, 0.15) is 29.7 Å². The lowest BCUT2D eigenvalue weighted by molar-refractivity contribution is -0.118. The minimum atomic E-state index is -1.03. The molecule has 1 amide bonds. The van der Waals surface area contributed by atoms with Gasteiger partial charge in [0.2, 0.25) is 5.91 Å². The van der Waals surface area contributed by atoms with E-state index in [9.17, 15) is 14.3 Å². The van der Waals surface area contributed by atoms with E-state index in [2.05, 4.69) is 19.2 Å². The fraction of sp³-hybridized carbons (Fsp3) is 0.519. The molecule has 0 spiro atoms. The number of halogens is 2. The van der Waals surface area contributed by atoms with Crippen LogP contribution in [0.2, 0.25) is 0 Å². The number of aliphatic hydroxyl groups excluding tert-OH is 1. The Labute approximate surface area is 213 Å². The smallest absolute Gasteiger partial charge is 0.242 e. The van der Waals surface area contributed by atoms with E-state index < -0.39 is 12.3 Å². The van der Waals surface area contributed by atoms with Gasteiger partial charge in [-0.25, -0.2) is 4.39 Å². The summed E-state index contributed by atoms with van der Waals surface area (Å²) >= 11 is 6.08. The van der Waals surface area contributed by atoms with Crippen LogP contribution in [-0.2, 0) is 4.79 Å². The molecule has 3 atom stereocenters. The highest BCUT2D eigenvalue weighted by Crippen LogP contribution is 2.36. The zero-order valence-corrected chi connectivity index (χ0v) is 21.9. The van der Waals surface area contributed by atoms with Gasteiger partial charge in [-0.3, -0.25) is 14.6 Å². The number of hydrogen-bond acceptors (Lipinski definition) is 5. The average Bonchev–Trinajstić information content (AvgIpc) is 2.83. The third-order valence-electron chi connectivity index (χ3n) is 6.37. The summed E-state index contributed by atoms with van der Waals surface area (Å²) in [5, 5.41) is 15.2. The number of benzene rings is 2. The number of carbonyl (C=O) groups is 1. The first-order valence-electron chi connectivity index (χ1n) is 12.2. The van der Waals surface area contributed by atoms with E-state index in [0.717, 1.165) is 12.1 Å². The molecule has 0 aromatic heterocycles. The molecule has 8 heteroatoms. The number of aryl methyl sites for hydroxylation is 1. The maximum atomic E-state index is 13.8. The van der Waals surface area contributed by atoms with Gasteiger partial charge < -0.3 is 15.2 Å². The second kappa shape index (κ2) is 12.2. The zero-order valence-electron chi connectivity index (χ0n) is 21.2. The molecule has 2 aromatic carbocycles. The summed E-state index contributed by atoms with van der Waals surface area (Å²) in [6.45, 7) is 12.0. The van der Waals surface area contributed by atoms with Gasteiger partial charge in [0.25, 0.3) is 0 Å². The van der Waals surface area contributed by atoms with Crippen molar-refractivity contribution in [2.24, 2.45) is 5.92 Å². The van der Waals surface area contributed by atoms with Gasteiger partial charge in [-0.1, -0.05) is 26.0 Å². The van der Waals surface area contributed by atoms with Crippen LogP contribution in [0.15, 0.2) is 42.5 Å². The number of amides is 1. The molecule has 1 aliphatic rings. The van der Waals surface area contributed by atoms with Crippen molar-refractivity contribution in [1.82, 2.24) is 10.2 Å². The normalized spacial score (nSPS) is 18.5. The minimum Gasteiger partial charge on any atom is -0.491 e. The summed E-state index contributed by atoms with van der Waals surface area (Å²) in [5.74, 6) is 0.0808. The van der Waals surface area contributed by atoms with Crippen molar-refractivity contribution in [3.05, 3.63) is 59.4 Å². The number of piperazine rings is 1. The van der Waals surface area contributed by atoms with Gasteiger partial charge in [0.05, 0.1) is 6.10 Å². The van der Waals surface area contributed by atoms with Crippen LogP contribution in [0.1, 0.15) is 44.9 Å². The Morgan fingerprint density at radius 3 is 2.49 bits per heavy atom. The third kappa shape index (κ3) is 6.73. The molecule has 1 saturated heterocycles. The Bertz CT molecular complexity index is 986. The molecule has 1 aliphatic heterocycles. The molecule has 1 fully saturated rings. The van der Waals surface area contributed by atoms with E-state index in [1.807, 2.05) is 43.9 Å². The molecule has 3 rings (SSSR count). The zero-order chi connectivity index (χ0) is 25.7. The van der Waals surface area contributed by atoms with Crippen LogP contribution < -0.4 is 15.0 Å². The Balaban J connectivity index is 2.08. The predicted octanol–water partition coefficient (Wildman–Crippen LogP) is 4.48. The number of nitrogens with zero attached hydrogens (tertiary/aromatic N) is 2. The van der Waals surface area contributed by atoms with Crippen LogP contribution in [0, 0.1) is 18.7 Å². The van der Waals surface area contributed by atoms with E-state index in [1.165, 1.54) is 12.1 Å². The van der Waals surface area contributed by atoms with Gasteiger partial charge >= 0.3 is 0 Å². The highest BCUT2D eigenvalue weighted by molar-refractivity contribution is 6.29. The number of rotatable bonds is 9. The van der Waals surface area contributed by atoms with Gasteiger partial charge in [0.15, 0.2) is 0 Å². The van der Waals surface area contributed by atoms with Gasteiger partial charge in [-0.2, -0.15) is 0 Å². The number of hydrogen-bond donors (Lipinski definition) is 2. The monoisotopic (exact) mass is 505 g/mol. The minimum absolute atomic E-state index is 0.0104. The van der Waals surface area contributed by atoms with Crippen molar-refractivity contribution in [2.75, 3.05) is 30.4 Å². The van der Waals surface area contributed by atoms with Gasteiger partial charge in [-0.15, -0.1) is 11.6 Å². The summed E-state index contributed by atoms with van der Waals surface area (Å²) in [4.78, 5) is 16.8. The topological polar surface area (TPSA) is 65.0 Å². The molecule has 0 saturated carbocycles.